The van der Waals surface area contributed by atoms with Gasteiger partial charge in [-0.3, -0.25) is 9.59 Å². The summed E-state index contributed by atoms with van der Waals surface area (Å²) in [6.07, 6.45) is 1.51. The van der Waals surface area contributed by atoms with E-state index in [-0.39, 0.29) is 25.4 Å². The van der Waals surface area contributed by atoms with E-state index in [9.17, 15) is 14.4 Å². The van der Waals surface area contributed by atoms with E-state index >= 15 is 0 Å². The Bertz CT molecular complexity index is 1040. The smallest absolute Gasteiger partial charge is 0.328 e. The summed E-state index contributed by atoms with van der Waals surface area (Å²) in [7, 11) is 5.33. The molecule has 1 heterocycles. The Morgan fingerprint density at radius 2 is 2.00 bits per heavy atom. The van der Waals surface area contributed by atoms with Crippen molar-refractivity contribution >= 4 is 40.5 Å². The summed E-state index contributed by atoms with van der Waals surface area (Å²) in [5.41, 5.74) is 11.3. The summed E-state index contributed by atoms with van der Waals surface area (Å²) in [6.45, 7) is 3.38. The lowest BCUT2D eigenvalue weighted by Crippen LogP contribution is -2.48. The number of ether oxygens (including phenoxy) is 2. The summed E-state index contributed by atoms with van der Waals surface area (Å²) < 4.78 is 10.6. The van der Waals surface area contributed by atoms with Crippen LogP contribution >= 0.6 is 0 Å². The number of carbonyl (C=O) groups is 3. The molecular weight excluding hydrogens is 426 g/mol. The van der Waals surface area contributed by atoms with Gasteiger partial charge in [-0.1, -0.05) is 0 Å². The topological polar surface area (TPSA) is 137 Å². The molecule has 0 saturated carbocycles. The van der Waals surface area contributed by atoms with E-state index in [0.717, 1.165) is 28.4 Å². The van der Waals surface area contributed by atoms with Crippen molar-refractivity contribution in [2.75, 3.05) is 26.1 Å². The second-order valence-electron chi connectivity index (χ2n) is 8.16. The number of ketones is 1. The zero-order valence-electron chi connectivity index (χ0n) is 19.6. The van der Waals surface area contributed by atoms with Gasteiger partial charge in [-0.05, 0) is 44.0 Å². The van der Waals surface area contributed by atoms with Crippen LogP contribution in [0.15, 0.2) is 24.4 Å². The van der Waals surface area contributed by atoms with Crippen LogP contribution in [0, 0.1) is 0 Å². The molecule has 2 atom stereocenters. The van der Waals surface area contributed by atoms with Crippen molar-refractivity contribution in [2.45, 2.75) is 51.4 Å². The monoisotopic (exact) mass is 457 g/mol. The van der Waals surface area contributed by atoms with Gasteiger partial charge in [0.2, 0.25) is 11.7 Å². The third-order valence-electron chi connectivity index (χ3n) is 5.08. The second-order valence-corrected chi connectivity index (χ2v) is 8.16. The Morgan fingerprint density at radius 1 is 1.27 bits per heavy atom. The number of fused-ring (bicyclic) bond motifs is 1. The molecule has 0 unspecified atom stereocenters. The molecule has 0 bridgehead atoms. The SMILES string of the molecule is CO[C@@H](Cc1c[nH]c2ccc(N(C)C)cc12)C(=O)N[C@@H](CCC(=O)C=[N+]=[N-])C(=O)OC(C)C. The van der Waals surface area contributed by atoms with Gasteiger partial charge in [-0.15, -0.1) is 0 Å². The maximum atomic E-state index is 13.0. The Balaban J connectivity index is 2.17. The number of aromatic amines is 1. The van der Waals surface area contributed by atoms with Gasteiger partial charge in [0, 0.05) is 56.8 Å². The molecule has 2 rings (SSSR count). The Labute approximate surface area is 192 Å². The first-order valence-electron chi connectivity index (χ1n) is 10.7. The van der Waals surface area contributed by atoms with E-state index in [1.807, 2.05) is 43.4 Å². The largest absolute Gasteiger partial charge is 0.461 e. The number of rotatable bonds is 12. The van der Waals surface area contributed by atoms with E-state index < -0.39 is 29.8 Å². The number of esters is 1. The molecule has 0 spiro atoms. The van der Waals surface area contributed by atoms with Crippen molar-refractivity contribution in [3.63, 3.8) is 0 Å². The number of aromatic nitrogens is 1. The number of anilines is 1. The molecule has 1 amide bonds. The van der Waals surface area contributed by atoms with Crippen LogP contribution < -0.4 is 10.2 Å². The highest BCUT2D eigenvalue weighted by Crippen LogP contribution is 2.25. The fourth-order valence-corrected chi connectivity index (χ4v) is 3.34. The molecule has 2 aromatic rings. The Kier molecular flexibility index (Phi) is 9.32. The highest BCUT2D eigenvalue weighted by atomic mass is 16.5. The van der Waals surface area contributed by atoms with Crippen LogP contribution in [0.25, 0.3) is 16.4 Å². The number of amides is 1. The lowest BCUT2D eigenvalue weighted by atomic mass is 10.0. The third-order valence-corrected chi connectivity index (χ3v) is 5.08. The van der Waals surface area contributed by atoms with Crippen molar-refractivity contribution in [1.82, 2.24) is 10.3 Å². The van der Waals surface area contributed by atoms with E-state index in [4.69, 9.17) is 15.0 Å². The van der Waals surface area contributed by atoms with Crippen molar-refractivity contribution in [1.29, 1.82) is 0 Å². The fourth-order valence-electron chi connectivity index (χ4n) is 3.34. The first-order chi connectivity index (χ1) is 15.7. The quantitative estimate of drug-likeness (QED) is 0.216. The summed E-state index contributed by atoms with van der Waals surface area (Å²) in [4.78, 5) is 45.0. The summed E-state index contributed by atoms with van der Waals surface area (Å²) >= 11 is 0. The maximum absolute atomic E-state index is 13.0. The average Bonchev–Trinajstić information content (AvgIpc) is 3.16. The lowest BCUT2D eigenvalue weighted by molar-refractivity contribution is -0.152. The van der Waals surface area contributed by atoms with Crippen LogP contribution in [-0.4, -0.2) is 73.1 Å². The van der Waals surface area contributed by atoms with Crippen molar-refractivity contribution in [2.24, 2.45) is 0 Å². The first kappa shape index (κ1) is 25.8. The minimum absolute atomic E-state index is 0.00212. The number of H-pyrrole nitrogens is 1. The standard InChI is InChI=1S/C23H31N5O5/c1-14(2)33-23(31)20(9-7-17(29)13-26-24)27-22(30)21(32-5)10-15-12-25-19-8-6-16(28(3)4)11-18(15)19/h6,8,11-14,20-21,25H,7,9-10H2,1-5H3,(H,27,30)/t20-,21-/m0/s1. The van der Waals surface area contributed by atoms with Gasteiger partial charge in [-0.2, -0.15) is 4.79 Å². The molecular formula is C23H31N5O5. The number of carbonyl (C=O) groups excluding carboxylic acids is 3. The van der Waals surface area contributed by atoms with E-state index in [1.54, 1.807) is 13.8 Å². The van der Waals surface area contributed by atoms with Gasteiger partial charge in [0.25, 0.3) is 0 Å². The number of nitrogens with one attached hydrogen (secondary N) is 2. The van der Waals surface area contributed by atoms with Gasteiger partial charge in [0.1, 0.15) is 12.1 Å². The fraction of sp³-hybridized carbons (Fsp3) is 0.478. The van der Waals surface area contributed by atoms with Gasteiger partial charge in [0.15, 0.2) is 0 Å². The normalized spacial score (nSPS) is 12.7. The van der Waals surface area contributed by atoms with Gasteiger partial charge in [0.05, 0.1) is 6.10 Å². The molecule has 2 N–H and O–H groups in total. The molecule has 178 valence electrons. The zero-order valence-corrected chi connectivity index (χ0v) is 19.6. The van der Waals surface area contributed by atoms with E-state index in [1.165, 1.54) is 7.11 Å². The third kappa shape index (κ3) is 7.27. The van der Waals surface area contributed by atoms with Gasteiger partial charge < -0.3 is 30.2 Å². The first-order valence-corrected chi connectivity index (χ1v) is 10.7. The number of benzene rings is 1. The van der Waals surface area contributed by atoms with Crippen molar-refractivity contribution in [3.05, 3.63) is 35.5 Å². The molecule has 0 radical (unpaired) electrons. The summed E-state index contributed by atoms with van der Waals surface area (Å²) in [5, 5.41) is 3.62. The number of nitrogens with zero attached hydrogens (tertiary/aromatic N) is 3. The van der Waals surface area contributed by atoms with E-state index in [0.29, 0.717) is 0 Å². The predicted octanol–water partition coefficient (Wildman–Crippen LogP) is 1.88. The van der Waals surface area contributed by atoms with Gasteiger partial charge in [-0.25, -0.2) is 4.79 Å². The molecule has 10 heteroatoms. The number of hydrogen-bond donors (Lipinski definition) is 2. The van der Waals surface area contributed by atoms with Crippen LogP contribution in [0.2, 0.25) is 0 Å². The highest BCUT2D eigenvalue weighted by Gasteiger charge is 2.28. The summed E-state index contributed by atoms with van der Waals surface area (Å²) in [6, 6.07) is 4.96. The Hall–Kier alpha value is -3.49. The molecule has 1 aromatic heterocycles. The van der Waals surface area contributed by atoms with Gasteiger partial charge >= 0.3 is 12.2 Å². The lowest BCUT2D eigenvalue weighted by Gasteiger charge is -2.22. The van der Waals surface area contributed by atoms with Crippen LogP contribution in [0.3, 0.4) is 0 Å². The molecule has 10 nitrogen and oxygen atoms in total. The average molecular weight is 458 g/mol. The number of hydrogen-bond acceptors (Lipinski definition) is 6. The molecule has 0 aliphatic carbocycles. The van der Waals surface area contributed by atoms with Crippen molar-refractivity contribution in [3.8, 4) is 0 Å². The highest BCUT2D eigenvalue weighted by molar-refractivity contribution is 6.25. The molecule has 1 aromatic carbocycles. The predicted molar refractivity (Wildman–Crippen MR) is 124 cm³/mol. The number of Topliss-reactive ketones (excluding diaryl/α,β-unsaturated/α-hetero) is 1. The zero-order chi connectivity index (χ0) is 24.5. The molecule has 0 aliphatic heterocycles. The molecule has 0 saturated heterocycles. The van der Waals surface area contributed by atoms with Crippen LogP contribution in [0.1, 0.15) is 32.3 Å². The molecule has 0 fully saturated rings. The maximum Gasteiger partial charge on any atom is 0.328 e. The van der Waals surface area contributed by atoms with Crippen molar-refractivity contribution < 1.29 is 28.6 Å². The Morgan fingerprint density at radius 3 is 2.61 bits per heavy atom. The molecule has 0 aliphatic rings. The van der Waals surface area contributed by atoms with Crippen LogP contribution in [-0.2, 0) is 30.3 Å². The molecule has 33 heavy (non-hydrogen) atoms. The van der Waals surface area contributed by atoms with Crippen LogP contribution in [0.4, 0.5) is 5.69 Å². The minimum Gasteiger partial charge on any atom is -0.461 e. The second kappa shape index (κ2) is 11.9. The number of methoxy groups -OCH3 is 1. The minimum atomic E-state index is -1.04. The summed E-state index contributed by atoms with van der Waals surface area (Å²) in [5.74, 6) is -1.62. The van der Waals surface area contributed by atoms with E-state index in [2.05, 4.69) is 15.1 Å². The van der Waals surface area contributed by atoms with Crippen LogP contribution in [0.5, 0.6) is 0 Å².